The average molecular weight is 552 g/mol. The highest BCUT2D eigenvalue weighted by molar-refractivity contribution is 6.76. The fourth-order valence-electron chi connectivity index (χ4n) is 4.02. The number of ether oxygens (including phenoxy) is 2. The molecule has 0 spiro atoms. The van der Waals surface area contributed by atoms with E-state index in [2.05, 4.69) is 40.1 Å². The summed E-state index contributed by atoms with van der Waals surface area (Å²) in [6.07, 6.45) is 7.62. The molecule has 0 bridgehead atoms. The lowest BCUT2D eigenvalue weighted by Gasteiger charge is -2.15. The maximum Gasteiger partial charge on any atom is 0.255 e. The van der Waals surface area contributed by atoms with Crippen molar-refractivity contribution in [2.45, 2.75) is 32.4 Å². The molecule has 2 aromatic heterocycles. The van der Waals surface area contributed by atoms with Crippen molar-refractivity contribution in [3.8, 4) is 11.5 Å². The third-order valence-corrected chi connectivity index (χ3v) is 7.93. The highest BCUT2D eigenvalue weighted by atomic mass is 28.3. The highest BCUT2D eigenvalue weighted by Gasteiger charge is 2.12. The summed E-state index contributed by atoms with van der Waals surface area (Å²) >= 11 is 0. The third-order valence-electron chi connectivity index (χ3n) is 6.23. The fraction of sp³-hybridized carbons (Fsp3) is 0.194. The molecule has 0 saturated carbocycles. The van der Waals surface area contributed by atoms with Crippen LogP contribution in [0.1, 0.15) is 21.7 Å². The van der Waals surface area contributed by atoms with Gasteiger partial charge >= 0.3 is 0 Å². The quantitative estimate of drug-likeness (QED) is 0.133. The van der Waals surface area contributed by atoms with Crippen molar-refractivity contribution < 1.29 is 14.3 Å². The summed E-state index contributed by atoms with van der Waals surface area (Å²) in [7, 11) is -1.09. The Labute approximate surface area is 234 Å². The second-order valence-electron chi connectivity index (χ2n) is 10.8. The van der Waals surface area contributed by atoms with Gasteiger partial charge in [-0.2, -0.15) is 5.10 Å². The SMILES string of the molecule is C[Si](C)(C)CCOCn1cnc(C=Cc2n[nH]c3cc(Oc4cccc(NC(=O)c5ccccc5)c4)ccc23)c1. The molecular formula is C31H33N5O3Si. The van der Waals surface area contributed by atoms with Gasteiger partial charge < -0.3 is 19.4 Å². The van der Waals surface area contributed by atoms with E-state index in [1.165, 1.54) is 0 Å². The first-order chi connectivity index (χ1) is 19.3. The van der Waals surface area contributed by atoms with Crippen molar-refractivity contribution >= 4 is 42.7 Å². The normalized spacial score (nSPS) is 11.8. The van der Waals surface area contributed by atoms with E-state index in [1.54, 1.807) is 24.5 Å². The Morgan fingerprint density at radius 2 is 1.82 bits per heavy atom. The fourth-order valence-corrected chi connectivity index (χ4v) is 4.78. The molecule has 8 nitrogen and oxygen atoms in total. The summed E-state index contributed by atoms with van der Waals surface area (Å²) in [5, 5.41) is 11.4. The number of imidazole rings is 1. The summed E-state index contributed by atoms with van der Waals surface area (Å²) in [5.74, 6) is 1.10. The van der Waals surface area contributed by atoms with Crippen LogP contribution in [0.2, 0.25) is 25.7 Å². The lowest BCUT2D eigenvalue weighted by Crippen LogP contribution is -2.21. The number of hydrogen-bond donors (Lipinski definition) is 2. The Hall–Kier alpha value is -4.47. The van der Waals surface area contributed by atoms with Crippen LogP contribution in [-0.2, 0) is 11.5 Å². The van der Waals surface area contributed by atoms with Gasteiger partial charge in [0.15, 0.2) is 0 Å². The van der Waals surface area contributed by atoms with Crippen LogP contribution >= 0.6 is 0 Å². The molecule has 9 heteroatoms. The average Bonchev–Trinajstić information content (AvgIpc) is 3.56. The molecule has 5 aromatic rings. The first kappa shape index (κ1) is 27.1. The van der Waals surface area contributed by atoms with E-state index >= 15 is 0 Å². The van der Waals surface area contributed by atoms with E-state index in [-0.39, 0.29) is 5.91 Å². The van der Waals surface area contributed by atoms with E-state index < -0.39 is 8.07 Å². The van der Waals surface area contributed by atoms with Crippen molar-refractivity contribution in [1.82, 2.24) is 19.7 Å². The van der Waals surface area contributed by atoms with Crippen molar-refractivity contribution in [2.24, 2.45) is 0 Å². The lowest BCUT2D eigenvalue weighted by atomic mass is 10.2. The molecule has 5 rings (SSSR count). The minimum atomic E-state index is -1.09. The maximum absolute atomic E-state index is 12.5. The molecule has 204 valence electrons. The molecule has 2 heterocycles. The predicted octanol–water partition coefficient (Wildman–Crippen LogP) is 7.29. The van der Waals surface area contributed by atoms with Crippen LogP contribution in [0.4, 0.5) is 5.69 Å². The molecule has 2 N–H and O–H groups in total. The monoisotopic (exact) mass is 551 g/mol. The number of nitrogens with one attached hydrogen (secondary N) is 2. The first-order valence-corrected chi connectivity index (χ1v) is 16.9. The van der Waals surface area contributed by atoms with Crippen LogP contribution in [0.15, 0.2) is 85.3 Å². The van der Waals surface area contributed by atoms with Gasteiger partial charge in [0, 0.05) is 49.6 Å². The number of aromatic amines is 1. The summed E-state index contributed by atoms with van der Waals surface area (Å²) < 4.78 is 13.8. The second-order valence-corrected chi connectivity index (χ2v) is 16.4. The zero-order valence-corrected chi connectivity index (χ0v) is 23.9. The van der Waals surface area contributed by atoms with Gasteiger partial charge in [-0.05, 0) is 54.6 Å². The zero-order chi connectivity index (χ0) is 28.0. The van der Waals surface area contributed by atoms with Gasteiger partial charge in [-0.3, -0.25) is 9.89 Å². The van der Waals surface area contributed by atoms with Gasteiger partial charge in [0.25, 0.3) is 5.91 Å². The Kier molecular flexibility index (Phi) is 8.23. The molecule has 0 aliphatic heterocycles. The van der Waals surface area contributed by atoms with E-state index in [0.717, 1.165) is 34.9 Å². The molecule has 0 atom stereocenters. The number of carbonyl (C=O) groups excluding carboxylic acids is 1. The Balaban J connectivity index is 1.20. The molecule has 0 aliphatic rings. The van der Waals surface area contributed by atoms with Crippen LogP contribution in [0.25, 0.3) is 23.1 Å². The summed E-state index contributed by atoms with van der Waals surface area (Å²) in [4.78, 5) is 16.9. The van der Waals surface area contributed by atoms with Crippen LogP contribution in [0.3, 0.4) is 0 Å². The van der Waals surface area contributed by atoms with Gasteiger partial charge in [-0.1, -0.05) is 43.9 Å². The number of carbonyl (C=O) groups is 1. The minimum absolute atomic E-state index is 0.172. The molecular weight excluding hydrogens is 518 g/mol. The zero-order valence-electron chi connectivity index (χ0n) is 22.9. The van der Waals surface area contributed by atoms with Gasteiger partial charge in [0.2, 0.25) is 0 Å². The maximum atomic E-state index is 12.5. The molecule has 40 heavy (non-hydrogen) atoms. The summed E-state index contributed by atoms with van der Waals surface area (Å²) in [6, 6.07) is 23.3. The lowest BCUT2D eigenvalue weighted by molar-refractivity contribution is 0.0871. The van der Waals surface area contributed by atoms with Gasteiger partial charge in [0.05, 0.1) is 23.2 Å². The molecule has 0 aliphatic carbocycles. The van der Waals surface area contributed by atoms with Crippen LogP contribution in [0, 0.1) is 0 Å². The Bertz CT molecular complexity index is 1620. The van der Waals surface area contributed by atoms with Crippen LogP contribution < -0.4 is 10.1 Å². The minimum Gasteiger partial charge on any atom is -0.457 e. The summed E-state index contributed by atoms with van der Waals surface area (Å²) in [6.45, 7) is 8.32. The van der Waals surface area contributed by atoms with Crippen molar-refractivity contribution in [3.05, 3.63) is 102 Å². The van der Waals surface area contributed by atoms with Gasteiger partial charge in [-0.25, -0.2) is 4.98 Å². The van der Waals surface area contributed by atoms with Gasteiger partial charge in [0.1, 0.15) is 18.2 Å². The largest absolute Gasteiger partial charge is 0.457 e. The van der Waals surface area contributed by atoms with Crippen molar-refractivity contribution in [2.75, 3.05) is 11.9 Å². The number of anilines is 1. The number of nitrogens with zero attached hydrogens (tertiary/aromatic N) is 3. The van der Waals surface area contributed by atoms with Gasteiger partial charge in [-0.15, -0.1) is 0 Å². The van der Waals surface area contributed by atoms with E-state index in [1.807, 2.05) is 77.5 Å². The highest BCUT2D eigenvalue weighted by Crippen LogP contribution is 2.28. The number of benzene rings is 3. The number of aromatic nitrogens is 4. The molecule has 0 fully saturated rings. The topological polar surface area (TPSA) is 94.1 Å². The van der Waals surface area contributed by atoms with Crippen LogP contribution in [0.5, 0.6) is 11.5 Å². The number of hydrogen-bond acceptors (Lipinski definition) is 5. The second kappa shape index (κ2) is 12.1. The number of amides is 1. The Morgan fingerprint density at radius 1 is 1.00 bits per heavy atom. The molecule has 1 amide bonds. The number of H-pyrrole nitrogens is 1. The third kappa shape index (κ3) is 7.34. The number of rotatable bonds is 11. The number of fused-ring (bicyclic) bond motifs is 1. The smallest absolute Gasteiger partial charge is 0.255 e. The summed E-state index contributed by atoms with van der Waals surface area (Å²) in [5.41, 5.74) is 3.75. The van der Waals surface area contributed by atoms with Crippen LogP contribution in [-0.4, -0.2) is 40.3 Å². The van der Waals surface area contributed by atoms with E-state index in [0.29, 0.717) is 29.5 Å². The van der Waals surface area contributed by atoms with Crippen molar-refractivity contribution in [3.63, 3.8) is 0 Å². The standard InChI is InChI=1S/C31H33N5O3Si/c1-40(2,3)17-16-38-22-36-20-25(32-21-36)12-15-29-28-14-13-27(19-30(28)35-34-29)39-26-11-7-10-24(18-26)33-31(37)23-8-5-4-6-9-23/h4-15,18-21H,16-17,22H2,1-3H3,(H,33,37)(H,34,35). The molecule has 0 saturated heterocycles. The van der Waals surface area contributed by atoms with Crippen molar-refractivity contribution in [1.29, 1.82) is 0 Å². The molecule has 0 unspecified atom stereocenters. The molecule has 3 aromatic carbocycles. The van der Waals surface area contributed by atoms with E-state index in [9.17, 15) is 4.79 Å². The van der Waals surface area contributed by atoms with E-state index in [4.69, 9.17) is 9.47 Å². The predicted molar refractivity (Wildman–Crippen MR) is 162 cm³/mol. The first-order valence-electron chi connectivity index (χ1n) is 13.2. The molecule has 0 radical (unpaired) electrons. The Morgan fingerprint density at radius 3 is 2.65 bits per heavy atom.